The Labute approximate surface area is 219 Å². The molecule has 1 aliphatic rings. The first-order valence-corrected chi connectivity index (χ1v) is 12.6. The van der Waals surface area contributed by atoms with Gasteiger partial charge in [0, 0.05) is 27.7 Å². The lowest BCUT2D eigenvalue weighted by Gasteiger charge is -2.27. The van der Waals surface area contributed by atoms with Gasteiger partial charge in [-0.15, -0.1) is 0 Å². The highest BCUT2D eigenvalue weighted by Gasteiger charge is 2.42. The third-order valence-electron chi connectivity index (χ3n) is 6.16. The first kappa shape index (κ1) is 24.2. The van der Waals surface area contributed by atoms with Crippen molar-refractivity contribution < 1.29 is 14.3 Å². The van der Waals surface area contributed by atoms with Gasteiger partial charge < -0.3 is 14.4 Å². The summed E-state index contributed by atoms with van der Waals surface area (Å²) in [5, 5.41) is 8.76. The number of carbonyl (C=O) groups is 1. The molecule has 0 fully saturated rings. The Morgan fingerprint density at radius 3 is 2.39 bits per heavy atom. The van der Waals surface area contributed by atoms with Crippen LogP contribution >= 0.6 is 23.2 Å². The highest BCUT2D eigenvalue weighted by Crippen LogP contribution is 2.45. The van der Waals surface area contributed by atoms with Crippen molar-refractivity contribution in [1.29, 1.82) is 0 Å². The molecule has 0 aliphatic carbocycles. The van der Waals surface area contributed by atoms with E-state index >= 15 is 0 Å². The minimum absolute atomic E-state index is 0.144. The molecular weight excluding hydrogens is 497 g/mol. The number of aromatic amines is 1. The molecule has 0 spiro atoms. The van der Waals surface area contributed by atoms with Gasteiger partial charge in [0.2, 0.25) is 0 Å². The number of benzene rings is 3. The molecule has 1 unspecified atom stereocenters. The Balaban J connectivity index is 1.66. The minimum atomic E-state index is -0.414. The number of amides is 1. The van der Waals surface area contributed by atoms with E-state index in [2.05, 4.69) is 10.2 Å². The summed E-state index contributed by atoms with van der Waals surface area (Å²) in [7, 11) is 0. The summed E-state index contributed by atoms with van der Waals surface area (Å²) >= 11 is 12.6. The first-order chi connectivity index (χ1) is 17.5. The molecule has 1 aromatic heterocycles. The monoisotopic (exact) mass is 521 g/mol. The Bertz CT molecular complexity index is 1400. The fourth-order valence-corrected chi connectivity index (χ4v) is 4.90. The molecule has 6 nitrogen and oxygen atoms in total. The predicted octanol–water partition coefficient (Wildman–Crippen LogP) is 6.93. The van der Waals surface area contributed by atoms with E-state index in [1.807, 2.05) is 85.5 Å². The molecule has 2 heterocycles. The summed E-state index contributed by atoms with van der Waals surface area (Å²) in [4.78, 5) is 15.5. The molecular formula is C28H25Cl2N3O3. The number of hydrogen-bond donors (Lipinski definition) is 1. The second kappa shape index (κ2) is 10.2. The SMILES string of the molecule is CCOc1ccc(C2c3c(-c4ccc(Cl)cc4)n[nH]c3C(=O)N2Cc2ccccc2Cl)cc1OCC. The van der Waals surface area contributed by atoms with Crippen LogP contribution < -0.4 is 9.47 Å². The maximum Gasteiger partial charge on any atom is 0.273 e. The van der Waals surface area contributed by atoms with Crippen LogP contribution in [0.25, 0.3) is 11.3 Å². The quantitative estimate of drug-likeness (QED) is 0.273. The average Bonchev–Trinajstić information content (AvgIpc) is 3.42. The molecule has 0 radical (unpaired) electrons. The van der Waals surface area contributed by atoms with E-state index in [4.69, 9.17) is 32.7 Å². The summed E-state index contributed by atoms with van der Waals surface area (Å²) in [5.41, 5.74) is 4.58. The summed E-state index contributed by atoms with van der Waals surface area (Å²) in [5.74, 6) is 1.15. The number of carbonyl (C=O) groups excluding carboxylic acids is 1. The van der Waals surface area contributed by atoms with E-state index in [1.165, 1.54) is 0 Å². The van der Waals surface area contributed by atoms with Crippen molar-refractivity contribution in [2.75, 3.05) is 13.2 Å². The van der Waals surface area contributed by atoms with E-state index in [0.717, 1.165) is 22.3 Å². The van der Waals surface area contributed by atoms with Crippen LogP contribution in [0.2, 0.25) is 10.0 Å². The summed E-state index contributed by atoms with van der Waals surface area (Å²) < 4.78 is 11.7. The van der Waals surface area contributed by atoms with Crippen molar-refractivity contribution in [2.24, 2.45) is 0 Å². The largest absolute Gasteiger partial charge is 0.490 e. The van der Waals surface area contributed by atoms with E-state index in [9.17, 15) is 4.79 Å². The van der Waals surface area contributed by atoms with Gasteiger partial charge in [-0.2, -0.15) is 5.10 Å². The molecule has 5 rings (SSSR count). The van der Waals surface area contributed by atoms with Crippen LogP contribution in [0.3, 0.4) is 0 Å². The molecule has 1 N–H and O–H groups in total. The van der Waals surface area contributed by atoms with Crippen LogP contribution in [0.1, 0.15) is 47.1 Å². The zero-order chi connectivity index (χ0) is 25.2. The van der Waals surface area contributed by atoms with Gasteiger partial charge in [0.1, 0.15) is 5.69 Å². The lowest BCUT2D eigenvalue weighted by molar-refractivity contribution is 0.0730. The number of ether oxygens (including phenoxy) is 2. The molecule has 8 heteroatoms. The lowest BCUT2D eigenvalue weighted by Crippen LogP contribution is -2.29. The summed E-state index contributed by atoms with van der Waals surface area (Å²) in [6.07, 6.45) is 0. The van der Waals surface area contributed by atoms with Crippen molar-refractivity contribution in [3.63, 3.8) is 0 Å². The van der Waals surface area contributed by atoms with Crippen molar-refractivity contribution in [2.45, 2.75) is 26.4 Å². The topological polar surface area (TPSA) is 67.5 Å². The molecule has 1 amide bonds. The molecule has 1 aliphatic heterocycles. The number of halogens is 2. The lowest BCUT2D eigenvalue weighted by atomic mass is 9.95. The normalized spacial score (nSPS) is 14.7. The van der Waals surface area contributed by atoms with E-state index in [-0.39, 0.29) is 5.91 Å². The number of nitrogens with one attached hydrogen (secondary N) is 1. The zero-order valence-electron chi connectivity index (χ0n) is 19.9. The molecule has 0 saturated carbocycles. The standard InChI is InChI=1S/C28H25Cl2N3O3/c1-3-35-22-14-11-18(15-23(22)36-4-2)27-24-25(17-9-12-20(29)13-10-17)31-32-26(24)28(34)33(27)16-19-7-5-6-8-21(19)30/h5-15,27H,3-4,16H2,1-2H3,(H,31,32). The molecule has 0 saturated heterocycles. The molecule has 36 heavy (non-hydrogen) atoms. The van der Waals surface area contributed by atoms with Crippen LogP contribution in [0.5, 0.6) is 11.5 Å². The molecule has 1 atom stereocenters. The summed E-state index contributed by atoms with van der Waals surface area (Å²) in [6.45, 7) is 5.21. The average molecular weight is 522 g/mol. The Kier molecular flexibility index (Phi) is 6.90. The van der Waals surface area contributed by atoms with Gasteiger partial charge in [0.15, 0.2) is 11.5 Å². The fraction of sp³-hybridized carbons (Fsp3) is 0.214. The van der Waals surface area contributed by atoms with Crippen molar-refractivity contribution in [3.8, 4) is 22.8 Å². The Morgan fingerprint density at radius 2 is 1.67 bits per heavy atom. The third-order valence-corrected chi connectivity index (χ3v) is 6.78. The number of rotatable bonds is 8. The number of fused-ring (bicyclic) bond motifs is 1. The van der Waals surface area contributed by atoms with Crippen molar-refractivity contribution in [3.05, 3.63) is 99.2 Å². The second-order valence-electron chi connectivity index (χ2n) is 8.37. The van der Waals surface area contributed by atoms with E-state index in [1.54, 1.807) is 0 Å². The third kappa shape index (κ3) is 4.43. The van der Waals surface area contributed by atoms with Crippen LogP contribution in [0.4, 0.5) is 0 Å². The van der Waals surface area contributed by atoms with Crippen molar-refractivity contribution >= 4 is 29.1 Å². The van der Waals surface area contributed by atoms with Gasteiger partial charge in [-0.1, -0.05) is 59.6 Å². The van der Waals surface area contributed by atoms with Crippen LogP contribution in [-0.4, -0.2) is 34.2 Å². The number of hydrogen-bond acceptors (Lipinski definition) is 4. The maximum atomic E-state index is 13.7. The number of aromatic nitrogens is 2. The molecule has 184 valence electrons. The number of H-pyrrole nitrogens is 1. The summed E-state index contributed by atoms with van der Waals surface area (Å²) in [6, 6.07) is 20.4. The Morgan fingerprint density at radius 1 is 0.944 bits per heavy atom. The highest BCUT2D eigenvalue weighted by atomic mass is 35.5. The predicted molar refractivity (Wildman–Crippen MR) is 141 cm³/mol. The number of nitrogens with zero attached hydrogens (tertiary/aromatic N) is 2. The molecule has 3 aromatic carbocycles. The highest BCUT2D eigenvalue weighted by molar-refractivity contribution is 6.31. The smallest absolute Gasteiger partial charge is 0.273 e. The molecule has 4 aromatic rings. The van der Waals surface area contributed by atoms with Crippen molar-refractivity contribution in [1.82, 2.24) is 15.1 Å². The van der Waals surface area contributed by atoms with E-state index in [0.29, 0.717) is 52.7 Å². The zero-order valence-corrected chi connectivity index (χ0v) is 21.4. The van der Waals surface area contributed by atoms with Gasteiger partial charge in [0.05, 0.1) is 24.9 Å². The Hall–Kier alpha value is -3.48. The van der Waals surface area contributed by atoms with Gasteiger partial charge in [-0.3, -0.25) is 9.89 Å². The fourth-order valence-electron chi connectivity index (χ4n) is 4.58. The maximum absolute atomic E-state index is 13.7. The first-order valence-electron chi connectivity index (χ1n) is 11.8. The second-order valence-corrected chi connectivity index (χ2v) is 9.21. The van der Waals surface area contributed by atoms with Gasteiger partial charge >= 0.3 is 0 Å². The molecule has 0 bridgehead atoms. The van der Waals surface area contributed by atoms with Crippen LogP contribution in [-0.2, 0) is 6.54 Å². The van der Waals surface area contributed by atoms with Gasteiger partial charge in [-0.25, -0.2) is 0 Å². The van der Waals surface area contributed by atoms with Crippen LogP contribution in [0, 0.1) is 0 Å². The van der Waals surface area contributed by atoms with Crippen LogP contribution in [0.15, 0.2) is 66.7 Å². The van der Waals surface area contributed by atoms with Gasteiger partial charge in [-0.05, 0) is 55.3 Å². The minimum Gasteiger partial charge on any atom is -0.490 e. The van der Waals surface area contributed by atoms with Gasteiger partial charge in [0.25, 0.3) is 5.91 Å². The van der Waals surface area contributed by atoms with E-state index < -0.39 is 6.04 Å².